The fraction of sp³-hybridized carbons (Fsp3) is 0.400. The van der Waals surface area contributed by atoms with Crippen LogP contribution in [0.1, 0.15) is 19.7 Å². The molecule has 4 nitrogen and oxygen atoms in total. The summed E-state index contributed by atoms with van der Waals surface area (Å²) in [6.45, 7) is 3.02. The number of halogens is 3. The highest BCUT2D eigenvalue weighted by Crippen LogP contribution is 2.29. The first-order chi connectivity index (χ1) is 7.64. The van der Waals surface area contributed by atoms with E-state index in [1.54, 1.807) is 0 Å². The first-order valence-electron chi connectivity index (χ1n) is 4.52. The predicted octanol–water partition coefficient (Wildman–Crippen LogP) is 1.87. The van der Waals surface area contributed by atoms with E-state index in [2.05, 4.69) is 15.9 Å². The molecule has 1 aromatic rings. The van der Waals surface area contributed by atoms with E-state index in [9.17, 15) is 13.2 Å². The van der Waals surface area contributed by atoms with E-state index in [1.165, 1.54) is 13.8 Å². The number of nitrogens with zero attached hydrogens (tertiary/aromatic N) is 2. The maximum absolute atomic E-state index is 12.4. The van der Waals surface area contributed by atoms with Crippen molar-refractivity contribution in [1.82, 2.24) is 9.97 Å². The summed E-state index contributed by atoms with van der Waals surface area (Å²) < 4.78 is 42.3. The van der Waals surface area contributed by atoms with Crippen molar-refractivity contribution in [3.05, 3.63) is 11.9 Å². The zero-order chi connectivity index (χ0) is 13.3. The highest BCUT2D eigenvalue weighted by Gasteiger charge is 2.36. The molecule has 0 spiro atoms. The van der Waals surface area contributed by atoms with E-state index in [4.69, 9.17) is 16.9 Å². The molecule has 92 valence electrons. The fourth-order valence-electron chi connectivity index (χ4n) is 0.913. The van der Waals surface area contributed by atoms with Crippen LogP contribution in [0.25, 0.3) is 0 Å². The number of terminal acetylenes is 1. The normalized spacial score (nSPS) is 12.0. The Hall–Kier alpha value is -1.97. The number of rotatable bonds is 2. The summed E-state index contributed by atoms with van der Waals surface area (Å²) >= 11 is 0. The summed E-state index contributed by atoms with van der Waals surface area (Å²) in [5.41, 5.74) is 4.15. The summed E-state index contributed by atoms with van der Waals surface area (Å²) in [7, 11) is 0. The molecule has 0 amide bonds. The zero-order valence-electron chi connectivity index (χ0n) is 9.17. The van der Waals surface area contributed by atoms with E-state index in [1.807, 2.05) is 0 Å². The van der Waals surface area contributed by atoms with Crippen molar-refractivity contribution in [1.29, 1.82) is 0 Å². The second kappa shape index (κ2) is 4.13. The van der Waals surface area contributed by atoms with Crippen molar-refractivity contribution in [2.45, 2.75) is 25.6 Å². The molecule has 0 saturated heterocycles. The molecule has 0 atom stereocenters. The second-order valence-electron chi connectivity index (χ2n) is 3.71. The molecule has 0 radical (unpaired) electrons. The number of nitrogen functional groups attached to an aromatic ring is 1. The van der Waals surface area contributed by atoms with E-state index >= 15 is 0 Å². The Morgan fingerprint density at radius 1 is 1.35 bits per heavy atom. The average Bonchev–Trinajstić information content (AvgIpc) is 2.14. The minimum Gasteiger partial charge on any atom is -0.458 e. The molecule has 17 heavy (non-hydrogen) atoms. The Balaban J connectivity index is 3.12. The van der Waals surface area contributed by atoms with Crippen LogP contribution in [0, 0.1) is 12.3 Å². The van der Waals surface area contributed by atoms with Crippen LogP contribution >= 0.6 is 0 Å². The van der Waals surface area contributed by atoms with Gasteiger partial charge >= 0.3 is 6.18 Å². The molecule has 0 bridgehead atoms. The number of alkyl halides is 3. The third-order valence-electron chi connectivity index (χ3n) is 1.68. The Labute approximate surface area is 96.0 Å². The largest absolute Gasteiger partial charge is 0.458 e. The number of hydrogen-bond donors (Lipinski definition) is 1. The molecule has 1 rings (SSSR count). The molecule has 2 N–H and O–H groups in total. The molecule has 1 aromatic heterocycles. The summed E-state index contributed by atoms with van der Waals surface area (Å²) in [5.74, 6) is 0.252. The topological polar surface area (TPSA) is 61.0 Å². The van der Waals surface area contributed by atoms with Gasteiger partial charge in [0.1, 0.15) is 5.82 Å². The minimum absolute atomic E-state index is 0.312. The monoisotopic (exact) mass is 245 g/mol. The number of nitrogens with two attached hydrogens (primary N) is 1. The first kappa shape index (κ1) is 13.1. The van der Waals surface area contributed by atoms with Crippen LogP contribution in [0.2, 0.25) is 0 Å². The third-order valence-corrected chi connectivity index (χ3v) is 1.68. The molecule has 0 aliphatic carbocycles. The molecule has 1 heterocycles. The van der Waals surface area contributed by atoms with Gasteiger partial charge in [-0.15, -0.1) is 6.42 Å². The second-order valence-corrected chi connectivity index (χ2v) is 3.71. The zero-order valence-corrected chi connectivity index (χ0v) is 9.17. The molecule has 7 heteroatoms. The molecule has 0 aromatic carbocycles. The van der Waals surface area contributed by atoms with E-state index < -0.39 is 17.6 Å². The Morgan fingerprint density at radius 3 is 2.41 bits per heavy atom. The number of aromatic nitrogens is 2. The molecule has 0 aliphatic heterocycles. The van der Waals surface area contributed by atoms with E-state index in [0.717, 1.165) is 6.07 Å². The summed E-state index contributed by atoms with van der Waals surface area (Å²) in [6, 6.07) is 1.08. The molecule has 0 aliphatic rings. The van der Waals surface area contributed by atoms with Gasteiger partial charge in [0, 0.05) is 6.07 Å². The van der Waals surface area contributed by atoms with Crippen LogP contribution < -0.4 is 10.5 Å². The van der Waals surface area contributed by atoms with Gasteiger partial charge in [-0.3, -0.25) is 0 Å². The van der Waals surface area contributed by atoms with Gasteiger partial charge in [0.25, 0.3) is 0 Å². The van der Waals surface area contributed by atoms with Crippen LogP contribution in [0.4, 0.5) is 19.0 Å². The highest BCUT2D eigenvalue weighted by atomic mass is 19.4. The van der Waals surface area contributed by atoms with Crippen molar-refractivity contribution in [3.63, 3.8) is 0 Å². The van der Waals surface area contributed by atoms with Crippen molar-refractivity contribution in [2.75, 3.05) is 5.73 Å². The first-order valence-corrected chi connectivity index (χ1v) is 4.52. The molecule has 0 saturated carbocycles. The lowest BCUT2D eigenvalue weighted by Gasteiger charge is -2.19. The Bertz CT molecular complexity index is 463. The van der Waals surface area contributed by atoms with Gasteiger partial charge in [-0.05, 0) is 13.8 Å². The summed E-state index contributed by atoms with van der Waals surface area (Å²) in [6.07, 6.45) is 0.457. The van der Waals surface area contributed by atoms with Gasteiger partial charge in [0.05, 0.1) is 0 Å². The third kappa shape index (κ3) is 3.52. The average molecular weight is 245 g/mol. The molecular formula is C10H10F3N3O. The van der Waals surface area contributed by atoms with Crippen LogP contribution in [0.15, 0.2) is 6.07 Å². The van der Waals surface area contributed by atoms with Crippen molar-refractivity contribution in [2.24, 2.45) is 0 Å². The van der Waals surface area contributed by atoms with Crippen molar-refractivity contribution >= 4 is 5.82 Å². The van der Waals surface area contributed by atoms with Gasteiger partial charge < -0.3 is 10.5 Å². The lowest BCUT2D eigenvalue weighted by Crippen LogP contribution is -2.27. The Kier molecular flexibility index (Phi) is 3.18. The molecular weight excluding hydrogens is 235 g/mol. The summed E-state index contributed by atoms with van der Waals surface area (Å²) in [4.78, 5) is 6.28. The highest BCUT2D eigenvalue weighted by molar-refractivity contribution is 5.34. The number of hydrogen-bond acceptors (Lipinski definition) is 4. The quantitative estimate of drug-likeness (QED) is 0.808. The van der Waals surface area contributed by atoms with Crippen molar-refractivity contribution < 1.29 is 17.9 Å². The predicted molar refractivity (Wildman–Crippen MR) is 55.0 cm³/mol. The number of anilines is 1. The van der Waals surface area contributed by atoms with Crippen LogP contribution in [-0.2, 0) is 6.18 Å². The van der Waals surface area contributed by atoms with Gasteiger partial charge in [0.2, 0.25) is 11.7 Å². The SMILES string of the molecule is C#CC(C)(C)Oc1cc(N)nc(C(F)(F)F)n1. The lowest BCUT2D eigenvalue weighted by molar-refractivity contribution is -0.145. The maximum atomic E-state index is 12.4. The maximum Gasteiger partial charge on any atom is 0.451 e. The fourth-order valence-corrected chi connectivity index (χ4v) is 0.913. The Morgan fingerprint density at radius 2 is 1.94 bits per heavy atom. The standard InChI is InChI=1S/C10H10F3N3O/c1-4-9(2,3)17-7-5-6(14)15-8(16-7)10(11,12)13/h1,5H,2-3H3,(H2,14,15,16). The van der Waals surface area contributed by atoms with Gasteiger partial charge in [-0.25, -0.2) is 4.98 Å². The van der Waals surface area contributed by atoms with E-state index in [0.29, 0.717) is 0 Å². The van der Waals surface area contributed by atoms with Crippen LogP contribution in [0.5, 0.6) is 5.88 Å². The molecule has 0 fully saturated rings. The van der Waals surface area contributed by atoms with Crippen molar-refractivity contribution in [3.8, 4) is 18.2 Å². The van der Waals surface area contributed by atoms with Gasteiger partial charge in [-0.2, -0.15) is 18.2 Å². The number of ether oxygens (including phenoxy) is 1. The smallest absolute Gasteiger partial charge is 0.451 e. The van der Waals surface area contributed by atoms with Gasteiger partial charge in [0.15, 0.2) is 5.60 Å². The van der Waals surface area contributed by atoms with E-state index in [-0.39, 0.29) is 11.7 Å². The summed E-state index contributed by atoms with van der Waals surface area (Å²) in [5, 5.41) is 0. The van der Waals surface area contributed by atoms with Gasteiger partial charge in [-0.1, -0.05) is 5.92 Å². The minimum atomic E-state index is -4.69. The van der Waals surface area contributed by atoms with Crippen LogP contribution in [-0.4, -0.2) is 15.6 Å². The lowest BCUT2D eigenvalue weighted by atomic mass is 10.1. The van der Waals surface area contributed by atoms with Crippen LogP contribution in [0.3, 0.4) is 0 Å². The molecule has 0 unspecified atom stereocenters.